The van der Waals surface area contributed by atoms with Crippen molar-refractivity contribution in [3.8, 4) is 0 Å². The topological polar surface area (TPSA) is 3.24 Å². The van der Waals surface area contributed by atoms with Gasteiger partial charge in [-0.3, -0.25) is 4.90 Å². The number of hydrogen-bond acceptors (Lipinski definition) is 1. The van der Waals surface area contributed by atoms with Crippen LogP contribution in [-0.2, 0) is 0 Å². The summed E-state index contributed by atoms with van der Waals surface area (Å²) in [5.74, 6) is 0. The van der Waals surface area contributed by atoms with Crippen LogP contribution in [0.4, 0.5) is 0 Å². The van der Waals surface area contributed by atoms with E-state index in [1.54, 1.807) is 0 Å². The highest BCUT2D eigenvalue weighted by atomic mass is 35.5. The van der Waals surface area contributed by atoms with Crippen molar-refractivity contribution in [1.29, 1.82) is 0 Å². The monoisotopic (exact) mass is 213 g/mol. The number of nitrogens with zero attached hydrogens (tertiary/aromatic N) is 1. The normalized spacial score (nSPS) is 12.8. The van der Waals surface area contributed by atoms with Crippen molar-refractivity contribution >= 4 is 24.0 Å². The van der Waals surface area contributed by atoms with Gasteiger partial charge < -0.3 is 0 Å². The van der Waals surface area contributed by atoms with E-state index in [0.717, 1.165) is 6.42 Å². The van der Waals surface area contributed by atoms with E-state index >= 15 is 0 Å². The Hall–Kier alpha value is 0.540. The van der Waals surface area contributed by atoms with Gasteiger partial charge in [-0.15, -0.1) is 24.0 Å². The predicted molar refractivity (Wildman–Crippen MR) is 59.3 cm³/mol. The van der Waals surface area contributed by atoms with Crippen LogP contribution in [0.5, 0.6) is 0 Å². The average molecular weight is 214 g/mol. The van der Waals surface area contributed by atoms with Gasteiger partial charge in [0.15, 0.2) is 0 Å². The number of unbranched alkanes of at least 4 members (excludes halogenated alkanes) is 3. The van der Waals surface area contributed by atoms with Gasteiger partial charge in [0, 0.05) is 0 Å². The zero-order chi connectivity index (χ0) is 8.69. The quantitative estimate of drug-likeness (QED) is 0.371. The molecule has 12 heavy (non-hydrogen) atoms. The standard InChI is InChI=1S/C9H20ClN.ClH/c1-4-5-6-7-8-9(10)11(2)3;/h9H,4-8H2,1-3H3;1H. The van der Waals surface area contributed by atoms with Crippen LogP contribution in [-0.4, -0.2) is 24.5 Å². The van der Waals surface area contributed by atoms with E-state index in [4.69, 9.17) is 11.6 Å². The SMILES string of the molecule is CCCCCCC(Cl)N(C)C.Cl. The number of hydrogen-bond donors (Lipinski definition) is 0. The zero-order valence-corrected chi connectivity index (χ0v) is 9.92. The van der Waals surface area contributed by atoms with E-state index < -0.39 is 0 Å². The van der Waals surface area contributed by atoms with Gasteiger partial charge in [0.25, 0.3) is 0 Å². The van der Waals surface area contributed by atoms with Gasteiger partial charge in [-0.05, 0) is 20.5 Å². The van der Waals surface area contributed by atoms with Crippen molar-refractivity contribution in [1.82, 2.24) is 4.90 Å². The predicted octanol–water partition coefficient (Wildman–Crippen LogP) is 3.51. The summed E-state index contributed by atoms with van der Waals surface area (Å²) in [5.41, 5.74) is 0.229. The summed E-state index contributed by atoms with van der Waals surface area (Å²) in [6, 6.07) is 0. The molecule has 3 heteroatoms. The van der Waals surface area contributed by atoms with Crippen LogP contribution in [0.3, 0.4) is 0 Å². The molecule has 1 unspecified atom stereocenters. The molecule has 0 N–H and O–H groups in total. The summed E-state index contributed by atoms with van der Waals surface area (Å²) in [4.78, 5) is 2.06. The van der Waals surface area contributed by atoms with E-state index in [0.29, 0.717) is 0 Å². The zero-order valence-electron chi connectivity index (χ0n) is 8.35. The Morgan fingerprint density at radius 3 is 2.17 bits per heavy atom. The third-order valence-electron chi connectivity index (χ3n) is 1.86. The lowest BCUT2D eigenvalue weighted by atomic mass is 10.1. The molecule has 0 aliphatic carbocycles. The summed E-state index contributed by atoms with van der Waals surface area (Å²) >= 11 is 6.02. The molecule has 0 aromatic heterocycles. The van der Waals surface area contributed by atoms with Gasteiger partial charge >= 0.3 is 0 Å². The van der Waals surface area contributed by atoms with Gasteiger partial charge in [-0.2, -0.15) is 0 Å². The third-order valence-corrected chi connectivity index (χ3v) is 2.46. The second kappa shape index (κ2) is 9.63. The summed E-state index contributed by atoms with van der Waals surface area (Å²) in [6.45, 7) is 2.23. The highest BCUT2D eigenvalue weighted by Gasteiger charge is 2.04. The minimum Gasteiger partial charge on any atom is -0.294 e. The molecular weight excluding hydrogens is 193 g/mol. The largest absolute Gasteiger partial charge is 0.294 e. The Labute approximate surface area is 87.9 Å². The fourth-order valence-electron chi connectivity index (χ4n) is 0.998. The van der Waals surface area contributed by atoms with Crippen molar-refractivity contribution in [3.05, 3.63) is 0 Å². The first-order chi connectivity index (χ1) is 5.18. The van der Waals surface area contributed by atoms with Crippen LogP contribution in [0.1, 0.15) is 39.0 Å². The van der Waals surface area contributed by atoms with Gasteiger partial charge in [-0.25, -0.2) is 0 Å². The Kier molecular flexibility index (Phi) is 12.1. The molecule has 1 atom stereocenters. The van der Waals surface area contributed by atoms with E-state index in [9.17, 15) is 0 Å². The van der Waals surface area contributed by atoms with Gasteiger partial charge in [0.05, 0.1) is 5.50 Å². The van der Waals surface area contributed by atoms with Crippen LogP contribution in [0.15, 0.2) is 0 Å². The lowest BCUT2D eigenvalue weighted by Gasteiger charge is -2.16. The van der Waals surface area contributed by atoms with Crippen LogP contribution in [0.2, 0.25) is 0 Å². The van der Waals surface area contributed by atoms with Crippen LogP contribution < -0.4 is 0 Å². The first-order valence-corrected chi connectivity index (χ1v) is 4.92. The number of rotatable bonds is 6. The molecule has 0 rings (SSSR count). The molecule has 0 saturated heterocycles. The minimum absolute atomic E-state index is 0. The summed E-state index contributed by atoms with van der Waals surface area (Å²) in [7, 11) is 4.05. The molecule has 0 fully saturated rings. The van der Waals surface area contributed by atoms with Crippen LogP contribution in [0.25, 0.3) is 0 Å². The summed E-state index contributed by atoms with van der Waals surface area (Å²) in [6.07, 6.45) is 6.36. The fraction of sp³-hybridized carbons (Fsp3) is 1.00. The number of halogens is 2. The molecule has 0 saturated carbocycles. The third kappa shape index (κ3) is 8.63. The molecule has 0 radical (unpaired) electrons. The maximum Gasteiger partial charge on any atom is 0.0845 e. The summed E-state index contributed by atoms with van der Waals surface area (Å²) < 4.78 is 0. The van der Waals surface area contributed by atoms with Crippen LogP contribution in [0, 0.1) is 0 Å². The van der Waals surface area contributed by atoms with Gasteiger partial charge in [-0.1, -0.05) is 32.6 Å². The van der Waals surface area contributed by atoms with Crippen molar-refractivity contribution in [2.75, 3.05) is 14.1 Å². The van der Waals surface area contributed by atoms with Gasteiger partial charge in [0.2, 0.25) is 0 Å². The molecule has 0 spiro atoms. The summed E-state index contributed by atoms with van der Waals surface area (Å²) in [5, 5.41) is 0. The molecule has 76 valence electrons. The fourth-order valence-corrected chi connectivity index (χ4v) is 1.15. The molecule has 0 aromatic carbocycles. The van der Waals surface area contributed by atoms with E-state index in [1.165, 1.54) is 25.7 Å². The van der Waals surface area contributed by atoms with E-state index in [-0.39, 0.29) is 17.9 Å². The van der Waals surface area contributed by atoms with Crippen LogP contribution >= 0.6 is 24.0 Å². The molecule has 0 aliphatic rings. The molecule has 0 aliphatic heterocycles. The second-order valence-electron chi connectivity index (χ2n) is 3.25. The first kappa shape index (κ1) is 15.0. The first-order valence-electron chi connectivity index (χ1n) is 4.49. The second-order valence-corrected chi connectivity index (χ2v) is 3.75. The number of alkyl halides is 1. The molecule has 0 amide bonds. The maximum atomic E-state index is 6.02. The van der Waals surface area contributed by atoms with Crippen molar-refractivity contribution in [2.45, 2.75) is 44.5 Å². The molecule has 0 heterocycles. The highest BCUT2D eigenvalue weighted by molar-refractivity contribution is 6.20. The molecule has 1 nitrogen and oxygen atoms in total. The average Bonchev–Trinajstić information content (AvgIpc) is 1.97. The maximum absolute atomic E-state index is 6.02. The van der Waals surface area contributed by atoms with Crippen molar-refractivity contribution in [2.24, 2.45) is 0 Å². The Morgan fingerprint density at radius 1 is 1.17 bits per heavy atom. The van der Waals surface area contributed by atoms with E-state index in [2.05, 4.69) is 11.8 Å². The lowest BCUT2D eigenvalue weighted by Crippen LogP contribution is -2.21. The Morgan fingerprint density at radius 2 is 1.75 bits per heavy atom. The molecule has 0 bridgehead atoms. The van der Waals surface area contributed by atoms with E-state index in [1.807, 2.05) is 14.1 Å². The Balaban J connectivity index is 0. The van der Waals surface area contributed by atoms with Crippen molar-refractivity contribution < 1.29 is 0 Å². The van der Waals surface area contributed by atoms with Crippen molar-refractivity contribution in [3.63, 3.8) is 0 Å². The highest BCUT2D eigenvalue weighted by Crippen LogP contribution is 2.11. The minimum atomic E-state index is 0. The molecule has 0 aromatic rings. The smallest absolute Gasteiger partial charge is 0.0845 e. The lowest BCUT2D eigenvalue weighted by molar-refractivity contribution is 0.351. The molecular formula is C9H21Cl2N. The Bertz CT molecular complexity index is 86.6. The van der Waals surface area contributed by atoms with Gasteiger partial charge in [0.1, 0.15) is 0 Å².